The highest BCUT2D eigenvalue weighted by Crippen LogP contribution is 2.46. The molecule has 1 fully saturated rings. The first-order valence-electron chi connectivity index (χ1n) is 13.5. The second kappa shape index (κ2) is 11.1. The fourth-order valence-corrected chi connectivity index (χ4v) is 6.54. The summed E-state index contributed by atoms with van der Waals surface area (Å²) in [6.45, 7) is 5.44. The van der Waals surface area contributed by atoms with Crippen molar-refractivity contribution in [3.8, 4) is 11.5 Å². The number of nitrogens with zero attached hydrogens (tertiary/aromatic N) is 2. The molecule has 208 valence electrons. The lowest BCUT2D eigenvalue weighted by molar-refractivity contribution is -0.117. The van der Waals surface area contributed by atoms with E-state index in [1.165, 1.54) is 17.4 Å². The zero-order chi connectivity index (χ0) is 28.5. The number of nitrogens with one attached hydrogen (secondary N) is 3. The van der Waals surface area contributed by atoms with Gasteiger partial charge in [0.25, 0.3) is 5.91 Å². The van der Waals surface area contributed by atoms with Crippen LogP contribution >= 0.6 is 11.3 Å². The van der Waals surface area contributed by atoms with E-state index in [1.807, 2.05) is 55.5 Å². The zero-order valence-electron chi connectivity index (χ0n) is 22.5. The molecule has 1 aliphatic heterocycles. The molecule has 0 radical (unpaired) electrons. The predicted molar refractivity (Wildman–Crippen MR) is 160 cm³/mol. The number of benzene rings is 2. The number of para-hydroxylation sites is 1. The van der Waals surface area contributed by atoms with Crippen molar-refractivity contribution in [3.05, 3.63) is 83.9 Å². The van der Waals surface area contributed by atoms with Gasteiger partial charge in [-0.25, -0.2) is 9.78 Å². The largest absolute Gasteiger partial charge is 0.457 e. The smallest absolute Gasteiger partial charge is 0.331 e. The lowest BCUT2D eigenvalue weighted by Crippen LogP contribution is -2.45. The van der Waals surface area contributed by atoms with Gasteiger partial charge in [0.05, 0.1) is 22.4 Å². The molecule has 2 atom stereocenters. The Bertz CT molecular complexity index is 1670. The van der Waals surface area contributed by atoms with E-state index in [0.29, 0.717) is 38.9 Å². The van der Waals surface area contributed by atoms with Crippen LogP contribution in [-0.4, -0.2) is 34.9 Å². The molecule has 0 unspecified atom stereocenters. The summed E-state index contributed by atoms with van der Waals surface area (Å²) in [4.78, 5) is 46.0. The monoisotopic (exact) mass is 567 g/mol. The van der Waals surface area contributed by atoms with Gasteiger partial charge in [-0.15, -0.1) is 11.3 Å². The maximum absolute atomic E-state index is 13.6. The number of pyridine rings is 1. The number of carbonyl (C=O) groups is 3. The first-order chi connectivity index (χ1) is 19.9. The van der Waals surface area contributed by atoms with Crippen LogP contribution in [0.2, 0.25) is 0 Å². The molecule has 4 aromatic rings. The molecular weight excluding hydrogens is 538 g/mol. The van der Waals surface area contributed by atoms with E-state index in [9.17, 15) is 14.4 Å². The summed E-state index contributed by atoms with van der Waals surface area (Å²) >= 11 is 1.25. The van der Waals surface area contributed by atoms with Crippen LogP contribution in [-0.2, 0) is 4.79 Å². The SMILES string of the molecule is C=CC(=O)N[C@@H]1CCC[C@H](NC(=O)c2sc3nccc4c3c2NC(=O)N4c2ccc(Oc3ccccc3)cc2C)C1. The Morgan fingerprint density at radius 3 is 2.61 bits per heavy atom. The first-order valence-corrected chi connectivity index (χ1v) is 14.3. The molecule has 3 N–H and O–H groups in total. The Balaban J connectivity index is 1.27. The Morgan fingerprint density at radius 2 is 1.85 bits per heavy atom. The zero-order valence-corrected chi connectivity index (χ0v) is 23.3. The number of urea groups is 1. The molecule has 0 bridgehead atoms. The van der Waals surface area contributed by atoms with Crippen LogP contribution in [0, 0.1) is 6.92 Å². The summed E-state index contributed by atoms with van der Waals surface area (Å²) in [5.74, 6) is 0.918. The summed E-state index contributed by atoms with van der Waals surface area (Å²) in [6, 6.07) is 16.4. The molecule has 1 aliphatic carbocycles. The number of carbonyl (C=O) groups excluding carboxylic acids is 3. The molecule has 4 amide bonds. The normalized spacial score (nSPS) is 18.0. The van der Waals surface area contributed by atoms with Crippen LogP contribution in [0.25, 0.3) is 10.2 Å². The molecule has 10 heteroatoms. The van der Waals surface area contributed by atoms with Crippen LogP contribution < -0.4 is 25.6 Å². The number of hydrogen-bond donors (Lipinski definition) is 3. The van der Waals surface area contributed by atoms with Gasteiger partial charge in [0.15, 0.2) is 0 Å². The molecule has 3 heterocycles. The molecule has 2 aromatic carbocycles. The summed E-state index contributed by atoms with van der Waals surface area (Å²) in [5.41, 5.74) is 2.69. The third-order valence-electron chi connectivity index (χ3n) is 7.38. The minimum absolute atomic E-state index is 0.0189. The van der Waals surface area contributed by atoms with Crippen molar-refractivity contribution in [2.75, 3.05) is 10.2 Å². The van der Waals surface area contributed by atoms with E-state index in [1.54, 1.807) is 17.2 Å². The molecule has 2 aliphatic rings. The van der Waals surface area contributed by atoms with Gasteiger partial charge in [0.2, 0.25) is 5.91 Å². The van der Waals surface area contributed by atoms with Crippen LogP contribution in [0.1, 0.15) is 40.9 Å². The fourth-order valence-electron chi connectivity index (χ4n) is 5.51. The van der Waals surface area contributed by atoms with Crippen molar-refractivity contribution in [2.45, 2.75) is 44.7 Å². The lowest BCUT2D eigenvalue weighted by Gasteiger charge is -2.31. The highest BCUT2D eigenvalue weighted by Gasteiger charge is 2.34. The number of aromatic nitrogens is 1. The number of ether oxygens (including phenoxy) is 1. The summed E-state index contributed by atoms with van der Waals surface area (Å²) in [5, 5.41) is 9.74. The van der Waals surface area contributed by atoms with E-state index in [0.717, 1.165) is 36.0 Å². The maximum atomic E-state index is 13.6. The standard InChI is InChI=1S/C31H29N5O4S/c1-3-25(37)33-19-8-7-9-20(17-19)34-29(38)28-27-26-24(14-15-32-30(26)41-28)36(31(39)35-27)23-13-12-22(16-18(23)2)40-21-10-5-4-6-11-21/h3-6,10-16,19-20H,1,7-9,17H2,2H3,(H,33,37)(H,34,38)(H,35,39)/t19-,20+/m1/s1. The number of thiophene rings is 1. The van der Waals surface area contributed by atoms with Gasteiger partial charge in [0, 0.05) is 18.3 Å². The number of amides is 4. The topological polar surface area (TPSA) is 113 Å². The number of anilines is 3. The average Bonchev–Trinajstić information content (AvgIpc) is 3.34. The van der Waals surface area contributed by atoms with E-state index < -0.39 is 0 Å². The second-order valence-electron chi connectivity index (χ2n) is 10.2. The van der Waals surface area contributed by atoms with Crippen molar-refractivity contribution < 1.29 is 19.1 Å². The molecule has 0 saturated heterocycles. The Kier molecular flexibility index (Phi) is 7.15. The van der Waals surface area contributed by atoms with Crippen LogP contribution in [0.4, 0.5) is 21.9 Å². The molecule has 41 heavy (non-hydrogen) atoms. The summed E-state index contributed by atoms with van der Waals surface area (Å²) in [7, 11) is 0. The van der Waals surface area contributed by atoms with Crippen LogP contribution in [0.5, 0.6) is 11.5 Å². The van der Waals surface area contributed by atoms with E-state index in [-0.39, 0.29) is 29.9 Å². The Labute approximate surface area is 241 Å². The van der Waals surface area contributed by atoms with Crippen molar-refractivity contribution >= 4 is 56.5 Å². The summed E-state index contributed by atoms with van der Waals surface area (Å²) in [6.07, 6.45) is 6.12. The Morgan fingerprint density at radius 1 is 1.07 bits per heavy atom. The predicted octanol–water partition coefficient (Wildman–Crippen LogP) is 6.42. The maximum Gasteiger partial charge on any atom is 0.331 e. The van der Waals surface area contributed by atoms with E-state index in [2.05, 4.69) is 27.5 Å². The van der Waals surface area contributed by atoms with Gasteiger partial charge in [-0.2, -0.15) is 0 Å². The van der Waals surface area contributed by atoms with Crippen LogP contribution in [0.15, 0.2) is 73.4 Å². The van der Waals surface area contributed by atoms with Crippen molar-refractivity contribution in [3.63, 3.8) is 0 Å². The first kappa shape index (κ1) is 26.5. The lowest BCUT2D eigenvalue weighted by atomic mass is 9.91. The van der Waals surface area contributed by atoms with Gasteiger partial charge in [-0.3, -0.25) is 14.5 Å². The molecule has 6 rings (SSSR count). The van der Waals surface area contributed by atoms with E-state index >= 15 is 0 Å². The molecule has 9 nitrogen and oxygen atoms in total. The van der Waals surface area contributed by atoms with Gasteiger partial charge in [-0.1, -0.05) is 24.8 Å². The minimum Gasteiger partial charge on any atom is -0.457 e. The molecule has 2 aromatic heterocycles. The fraction of sp³-hybridized carbons (Fsp3) is 0.226. The van der Waals surface area contributed by atoms with Crippen molar-refractivity contribution in [2.24, 2.45) is 0 Å². The van der Waals surface area contributed by atoms with Crippen molar-refractivity contribution in [1.29, 1.82) is 0 Å². The molecule has 1 saturated carbocycles. The van der Waals surface area contributed by atoms with Crippen molar-refractivity contribution in [1.82, 2.24) is 15.6 Å². The minimum atomic E-state index is -0.359. The highest BCUT2D eigenvalue weighted by molar-refractivity contribution is 7.21. The Hall–Kier alpha value is -4.70. The third kappa shape index (κ3) is 5.26. The van der Waals surface area contributed by atoms with Crippen LogP contribution in [0.3, 0.4) is 0 Å². The van der Waals surface area contributed by atoms with Gasteiger partial charge in [-0.05, 0) is 80.6 Å². The molecule has 0 spiro atoms. The van der Waals surface area contributed by atoms with Gasteiger partial charge >= 0.3 is 6.03 Å². The second-order valence-corrected chi connectivity index (χ2v) is 11.2. The quantitative estimate of drug-likeness (QED) is 0.223. The average molecular weight is 568 g/mol. The highest BCUT2D eigenvalue weighted by atomic mass is 32.1. The number of hydrogen-bond acceptors (Lipinski definition) is 6. The summed E-state index contributed by atoms with van der Waals surface area (Å²) < 4.78 is 5.97. The number of rotatable bonds is 7. The van der Waals surface area contributed by atoms with Gasteiger partial charge in [0.1, 0.15) is 21.2 Å². The molecular formula is C31H29N5O4S. The third-order valence-corrected chi connectivity index (χ3v) is 8.48. The number of aryl methyl sites for hydroxylation is 1. The van der Waals surface area contributed by atoms with E-state index in [4.69, 9.17) is 4.74 Å². The van der Waals surface area contributed by atoms with Gasteiger partial charge < -0.3 is 20.7 Å².